The molecule has 2 amide bonds. The molecule has 0 radical (unpaired) electrons. The van der Waals surface area contributed by atoms with Crippen LogP contribution in [0.4, 0.5) is 11.4 Å². The van der Waals surface area contributed by atoms with E-state index in [4.69, 9.17) is 22.1 Å². The van der Waals surface area contributed by atoms with Gasteiger partial charge in [0.1, 0.15) is 0 Å². The summed E-state index contributed by atoms with van der Waals surface area (Å²) in [5, 5.41) is 23.3. The number of halogens is 1. The van der Waals surface area contributed by atoms with Crippen LogP contribution in [0.1, 0.15) is 31.8 Å². The largest absolute Gasteiger partial charge is 0.322 e. The minimum Gasteiger partial charge on any atom is -0.322 e. The molecule has 0 saturated heterocycles. The van der Waals surface area contributed by atoms with Crippen LogP contribution in [0.2, 0.25) is 5.02 Å². The van der Waals surface area contributed by atoms with Gasteiger partial charge in [0.25, 0.3) is 11.8 Å². The second-order valence-corrected chi connectivity index (χ2v) is 6.40. The number of nitrogens with one attached hydrogen (secondary N) is 2. The molecule has 3 rings (SSSR count). The molecule has 0 unspecified atom stereocenters. The number of nitrogens with zero attached hydrogens (tertiary/aromatic N) is 2. The fraction of sp³-hybridized carbons (Fsp3) is 0. The molecule has 6 nitrogen and oxygen atoms in total. The molecule has 0 aromatic heterocycles. The summed E-state index contributed by atoms with van der Waals surface area (Å²) >= 11 is 6.21. The summed E-state index contributed by atoms with van der Waals surface area (Å²) in [4.78, 5) is 24.9. The second-order valence-electron chi connectivity index (χ2n) is 5.99. The molecule has 0 spiro atoms. The Kier molecular flexibility index (Phi) is 5.89. The van der Waals surface area contributed by atoms with Crippen LogP contribution in [-0.2, 0) is 0 Å². The molecule has 2 N–H and O–H groups in total. The third-order valence-electron chi connectivity index (χ3n) is 3.97. The number of anilines is 2. The van der Waals surface area contributed by atoms with E-state index in [9.17, 15) is 9.59 Å². The van der Waals surface area contributed by atoms with Crippen molar-refractivity contribution in [3.8, 4) is 12.1 Å². The standard InChI is InChI=1S/C22H13ClN4O2/c23-20-11-16(21(28)26-17-5-1-3-14(9-17)12-24)7-8-19(20)22(29)27-18-6-2-4-15(10-18)13-25/h1-11H,(H,26,28)(H,27,29). The molecule has 0 fully saturated rings. The normalized spacial score (nSPS) is 9.76. The van der Waals surface area contributed by atoms with Crippen LogP contribution in [0.15, 0.2) is 66.7 Å². The van der Waals surface area contributed by atoms with E-state index in [1.165, 1.54) is 18.2 Å². The summed E-state index contributed by atoms with van der Waals surface area (Å²) in [6, 6.07) is 21.3. The van der Waals surface area contributed by atoms with Gasteiger partial charge < -0.3 is 10.6 Å². The van der Waals surface area contributed by atoms with Crippen molar-refractivity contribution in [3.05, 3.63) is 94.0 Å². The van der Waals surface area contributed by atoms with Crippen molar-refractivity contribution in [2.24, 2.45) is 0 Å². The van der Waals surface area contributed by atoms with Crippen molar-refractivity contribution in [2.75, 3.05) is 10.6 Å². The maximum absolute atomic E-state index is 12.5. The van der Waals surface area contributed by atoms with Crippen molar-refractivity contribution >= 4 is 34.8 Å². The summed E-state index contributed by atoms with van der Waals surface area (Å²) < 4.78 is 0. The van der Waals surface area contributed by atoms with Crippen molar-refractivity contribution in [3.63, 3.8) is 0 Å². The monoisotopic (exact) mass is 400 g/mol. The number of amides is 2. The van der Waals surface area contributed by atoms with E-state index in [2.05, 4.69) is 10.6 Å². The van der Waals surface area contributed by atoms with Gasteiger partial charge in [-0.15, -0.1) is 0 Å². The van der Waals surface area contributed by atoms with Crippen LogP contribution in [0.3, 0.4) is 0 Å². The Bertz CT molecular complexity index is 1190. The fourth-order valence-electron chi connectivity index (χ4n) is 2.58. The van der Waals surface area contributed by atoms with Crippen molar-refractivity contribution < 1.29 is 9.59 Å². The maximum atomic E-state index is 12.5. The molecule has 3 aromatic carbocycles. The molecular weight excluding hydrogens is 388 g/mol. The van der Waals surface area contributed by atoms with Crippen LogP contribution >= 0.6 is 11.6 Å². The van der Waals surface area contributed by atoms with E-state index < -0.39 is 11.8 Å². The van der Waals surface area contributed by atoms with Gasteiger partial charge >= 0.3 is 0 Å². The minimum atomic E-state index is -0.459. The lowest BCUT2D eigenvalue weighted by Gasteiger charge is -2.09. The zero-order valence-electron chi connectivity index (χ0n) is 14.9. The number of benzene rings is 3. The van der Waals surface area contributed by atoms with Gasteiger partial charge in [-0.3, -0.25) is 9.59 Å². The first-order valence-corrected chi connectivity index (χ1v) is 8.80. The lowest BCUT2D eigenvalue weighted by atomic mass is 10.1. The van der Waals surface area contributed by atoms with Gasteiger partial charge in [-0.1, -0.05) is 23.7 Å². The Hall–Kier alpha value is -4.13. The van der Waals surface area contributed by atoms with E-state index in [-0.39, 0.29) is 16.1 Å². The zero-order valence-corrected chi connectivity index (χ0v) is 15.7. The quantitative estimate of drug-likeness (QED) is 0.668. The average Bonchev–Trinajstić information content (AvgIpc) is 2.73. The lowest BCUT2D eigenvalue weighted by molar-refractivity contribution is 0.101. The summed E-state index contributed by atoms with van der Waals surface area (Å²) in [6.45, 7) is 0. The number of nitriles is 2. The number of hydrogen-bond donors (Lipinski definition) is 2. The van der Waals surface area contributed by atoms with Gasteiger partial charge in [0.05, 0.1) is 33.9 Å². The third kappa shape index (κ3) is 4.78. The third-order valence-corrected chi connectivity index (χ3v) is 4.29. The summed E-state index contributed by atoms with van der Waals surface area (Å²) in [5.41, 5.74) is 2.24. The highest BCUT2D eigenvalue weighted by molar-refractivity contribution is 6.35. The Labute approximate surface area is 172 Å². The van der Waals surface area contributed by atoms with Gasteiger partial charge in [0, 0.05) is 16.9 Å². The summed E-state index contributed by atoms with van der Waals surface area (Å²) in [7, 11) is 0. The Morgan fingerprint density at radius 2 is 1.31 bits per heavy atom. The van der Waals surface area contributed by atoms with Crippen LogP contribution in [-0.4, -0.2) is 11.8 Å². The molecule has 0 bridgehead atoms. The molecule has 0 aliphatic carbocycles. The van der Waals surface area contributed by atoms with Gasteiger partial charge in [0.2, 0.25) is 0 Å². The Morgan fingerprint density at radius 3 is 1.83 bits per heavy atom. The molecule has 3 aromatic rings. The average molecular weight is 401 g/mol. The second kappa shape index (κ2) is 8.71. The first-order valence-electron chi connectivity index (χ1n) is 8.43. The topological polar surface area (TPSA) is 106 Å². The highest BCUT2D eigenvalue weighted by atomic mass is 35.5. The van der Waals surface area contributed by atoms with Crippen LogP contribution in [0, 0.1) is 22.7 Å². The van der Waals surface area contributed by atoms with E-state index >= 15 is 0 Å². The minimum absolute atomic E-state index is 0.109. The van der Waals surface area contributed by atoms with E-state index in [1.807, 2.05) is 12.1 Å². The number of carbonyl (C=O) groups is 2. The molecule has 0 saturated carbocycles. The number of carbonyl (C=O) groups excluding carboxylic acids is 2. The SMILES string of the molecule is N#Cc1cccc(NC(=O)c2ccc(C(=O)Nc3cccc(C#N)c3)c(Cl)c2)c1. The van der Waals surface area contributed by atoms with Gasteiger partial charge in [-0.05, 0) is 54.6 Å². The van der Waals surface area contributed by atoms with Crippen molar-refractivity contribution in [2.45, 2.75) is 0 Å². The van der Waals surface area contributed by atoms with Gasteiger partial charge in [-0.25, -0.2) is 0 Å². The molecule has 29 heavy (non-hydrogen) atoms. The molecule has 7 heteroatoms. The Balaban J connectivity index is 1.75. The van der Waals surface area contributed by atoms with Crippen molar-refractivity contribution in [1.82, 2.24) is 0 Å². The lowest BCUT2D eigenvalue weighted by Crippen LogP contribution is -2.15. The molecule has 0 heterocycles. The number of hydrogen-bond acceptors (Lipinski definition) is 4. The smallest absolute Gasteiger partial charge is 0.257 e. The van der Waals surface area contributed by atoms with Crippen LogP contribution < -0.4 is 10.6 Å². The fourth-order valence-corrected chi connectivity index (χ4v) is 2.84. The molecular formula is C22H13ClN4O2. The molecule has 140 valence electrons. The summed E-state index contributed by atoms with van der Waals surface area (Å²) in [5.74, 6) is -0.880. The number of rotatable bonds is 4. The van der Waals surface area contributed by atoms with E-state index in [1.54, 1.807) is 48.5 Å². The molecule has 0 aliphatic rings. The predicted octanol–water partition coefficient (Wildman–Crippen LogP) is 4.59. The molecule has 0 atom stereocenters. The highest BCUT2D eigenvalue weighted by Crippen LogP contribution is 2.21. The van der Waals surface area contributed by atoms with Gasteiger partial charge in [0.15, 0.2) is 0 Å². The first-order chi connectivity index (χ1) is 14.0. The van der Waals surface area contributed by atoms with Crippen LogP contribution in [0.5, 0.6) is 0 Å². The zero-order chi connectivity index (χ0) is 20.8. The highest BCUT2D eigenvalue weighted by Gasteiger charge is 2.14. The predicted molar refractivity (Wildman–Crippen MR) is 110 cm³/mol. The molecule has 0 aliphatic heterocycles. The van der Waals surface area contributed by atoms with E-state index in [0.29, 0.717) is 22.5 Å². The van der Waals surface area contributed by atoms with Crippen LogP contribution in [0.25, 0.3) is 0 Å². The maximum Gasteiger partial charge on any atom is 0.257 e. The Morgan fingerprint density at radius 1 is 0.759 bits per heavy atom. The van der Waals surface area contributed by atoms with Gasteiger partial charge in [-0.2, -0.15) is 10.5 Å². The first kappa shape index (κ1) is 19.6. The summed E-state index contributed by atoms with van der Waals surface area (Å²) in [6.07, 6.45) is 0. The van der Waals surface area contributed by atoms with Crippen molar-refractivity contribution in [1.29, 1.82) is 10.5 Å². The van der Waals surface area contributed by atoms with E-state index in [0.717, 1.165) is 0 Å².